The first-order valence-electron chi connectivity index (χ1n) is 7.95. The van der Waals surface area contributed by atoms with Gasteiger partial charge in [-0.1, -0.05) is 12.1 Å². The van der Waals surface area contributed by atoms with E-state index < -0.39 is 11.5 Å². The Bertz CT molecular complexity index is 682. The number of aliphatic carboxylic acids is 1. The second-order valence-corrected chi connectivity index (χ2v) is 6.19. The zero-order valence-corrected chi connectivity index (χ0v) is 12.9. The fourth-order valence-electron chi connectivity index (χ4n) is 3.54. The number of carboxylic acid groups (broad SMARTS) is 1. The van der Waals surface area contributed by atoms with Gasteiger partial charge in [-0.2, -0.15) is 0 Å². The number of hydrogen-bond donors (Lipinski definition) is 2. The molecule has 2 fully saturated rings. The number of benzene rings is 1. The summed E-state index contributed by atoms with van der Waals surface area (Å²) in [6, 6.07) is 7.96. The number of hydrogen-bond acceptors (Lipinski definition) is 5. The summed E-state index contributed by atoms with van der Waals surface area (Å²) < 4.78 is 5.37. The van der Waals surface area contributed by atoms with E-state index in [-0.39, 0.29) is 6.61 Å². The van der Waals surface area contributed by atoms with Crippen molar-refractivity contribution in [1.82, 2.24) is 14.9 Å². The van der Waals surface area contributed by atoms with Crippen LogP contribution in [0, 0.1) is 0 Å². The zero-order valence-electron chi connectivity index (χ0n) is 12.9. The third-order valence-corrected chi connectivity index (χ3v) is 4.96. The van der Waals surface area contributed by atoms with Gasteiger partial charge < -0.3 is 19.7 Å². The Balaban J connectivity index is 1.49. The molecule has 0 bridgehead atoms. The number of para-hydroxylation sites is 2. The second kappa shape index (κ2) is 5.50. The van der Waals surface area contributed by atoms with Crippen molar-refractivity contribution in [2.45, 2.75) is 12.0 Å². The predicted molar refractivity (Wildman–Crippen MR) is 85.7 cm³/mol. The van der Waals surface area contributed by atoms with Crippen molar-refractivity contribution in [3.05, 3.63) is 24.3 Å². The molecule has 2 aromatic rings. The average molecular weight is 316 g/mol. The lowest BCUT2D eigenvalue weighted by molar-refractivity contribution is -0.152. The lowest BCUT2D eigenvalue weighted by Crippen LogP contribution is -2.61. The molecule has 7 nitrogen and oxygen atoms in total. The summed E-state index contributed by atoms with van der Waals surface area (Å²) in [5.74, 6) is 0.0880. The van der Waals surface area contributed by atoms with Gasteiger partial charge in [0, 0.05) is 39.2 Å². The van der Waals surface area contributed by atoms with E-state index in [0.717, 1.165) is 30.1 Å². The van der Waals surface area contributed by atoms with E-state index in [4.69, 9.17) is 4.74 Å². The molecule has 0 spiro atoms. The number of anilines is 1. The number of aromatic nitrogens is 2. The molecule has 2 aliphatic rings. The van der Waals surface area contributed by atoms with Crippen molar-refractivity contribution >= 4 is 23.0 Å². The van der Waals surface area contributed by atoms with Gasteiger partial charge in [0.2, 0.25) is 5.95 Å². The van der Waals surface area contributed by atoms with Crippen LogP contribution in [0.4, 0.5) is 5.95 Å². The van der Waals surface area contributed by atoms with E-state index in [2.05, 4.69) is 19.8 Å². The molecule has 1 unspecified atom stereocenters. The first-order valence-corrected chi connectivity index (χ1v) is 7.95. The van der Waals surface area contributed by atoms with Crippen molar-refractivity contribution in [2.75, 3.05) is 44.3 Å². The summed E-state index contributed by atoms with van der Waals surface area (Å²) in [6.07, 6.45) is 0.562. The van der Waals surface area contributed by atoms with Crippen LogP contribution >= 0.6 is 0 Å². The van der Waals surface area contributed by atoms with Crippen LogP contribution in [0.1, 0.15) is 6.42 Å². The number of imidazole rings is 1. The Labute approximate surface area is 133 Å². The Morgan fingerprint density at radius 2 is 2.04 bits per heavy atom. The van der Waals surface area contributed by atoms with Crippen molar-refractivity contribution in [1.29, 1.82) is 0 Å². The molecule has 0 saturated carbocycles. The largest absolute Gasteiger partial charge is 0.480 e. The molecule has 4 rings (SSSR count). The van der Waals surface area contributed by atoms with Gasteiger partial charge in [-0.3, -0.25) is 9.69 Å². The lowest BCUT2D eigenvalue weighted by Gasteiger charge is -2.42. The molecule has 2 saturated heterocycles. The molecule has 23 heavy (non-hydrogen) atoms. The fourth-order valence-corrected chi connectivity index (χ4v) is 3.54. The summed E-state index contributed by atoms with van der Waals surface area (Å²) in [6.45, 7) is 3.73. The quantitative estimate of drug-likeness (QED) is 0.877. The maximum Gasteiger partial charge on any atom is 0.326 e. The molecule has 7 heteroatoms. The van der Waals surface area contributed by atoms with E-state index in [1.54, 1.807) is 0 Å². The molecule has 0 radical (unpaired) electrons. The fraction of sp³-hybridized carbons (Fsp3) is 0.500. The number of ether oxygens (including phenoxy) is 1. The highest BCUT2D eigenvalue weighted by atomic mass is 16.5. The number of rotatable bonds is 3. The number of H-pyrrole nitrogens is 1. The minimum Gasteiger partial charge on any atom is -0.480 e. The molecular formula is C16H20N4O3. The van der Waals surface area contributed by atoms with Crippen LogP contribution in [0.2, 0.25) is 0 Å². The molecule has 1 aromatic carbocycles. The summed E-state index contributed by atoms with van der Waals surface area (Å²) in [4.78, 5) is 23.9. The second-order valence-electron chi connectivity index (χ2n) is 6.19. The van der Waals surface area contributed by atoms with E-state index in [1.165, 1.54) is 0 Å². The summed E-state index contributed by atoms with van der Waals surface area (Å²) >= 11 is 0. The van der Waals surface area contributed by atoms with Crippen LogP contribution in [0.15, 0.2) is 24.3 Å². The Morgan fingerprint density at radius 1 is 1.26 bits per heavy atom. The SMILES string of the molecule is O=C(O)C1(N2CCN(c3nc4ccccc4[nH]3)CC2)CCOC1. The Hall–Kier alpha value is -2.12. The van der Waals surface area contributed by atoms with Gasteiger partial charge in [-0.15, -0.1) is 0 Å². The van der Waals surface area contributed by atoms with Gasteiger partial charge in [0.25, 0.3) is 0 Å². The van der Waals surface area contributed by atoms with E-state index >= 15 is 0 Å². The third-order valence-electron chi connectivity index (χ3n) is 4.96. The molecule has 1 aromatic heterocycles. The molecular weight excluding hydrogens is 296 g/mol. The molecule has 0 aliphatic carbocycles. The topological polar surface area (TPSA) is 81.7 Å². The van der Waals surface area contributed by atoms with E-state index in [1.807, 2.05) is 24.3 Å². The number of piperazine rings is 1. The summed E-state index contributed by atoms with van der Waals surface area (Å²) in [5, 5.41) is 9.64. The maximum atomic E-state index is 11.7. The number of nitrogens with zero attached hydrogens (tertiary/aromatic N) is 3. The zero-order chi connectivity index (χ0) is 15.9. The first kappa shape index (κ1) is 14.5. The molecule has 3 heterocycles. The van der Waals surface area contributed by atoms with Gasteiger partial charge in [0.1, 0.15) is 5.54 Å². The first-order chi connectivity index (χ1) is 11.2. The summed E-state index contributed by atoms with van der Waals surface area (Å²) in [7, 11) is 0. The Morgan fingerprint density at radius 3 is 2.70 bits per heavy atom. The van der Waals surface area contributed by atoms with Crippen LogP contribution in [-0.4, -0.2) is 70.9 Å². The number of carbonyl (C=O) groups is 1. The monoisotopic (exact) mass is 316 g/mol. The van der Waals surface area contributed by atoms with Crippen LogP contribution in [0.5, 0.6) is 0 Å². The minimum absolute atomic E-state index is 0.285. The van der Waals surface area contributed by atoms with Crippen molar-refractivity contribution in [3.63, 3.8) is 0 Å². The van der Waals surface area contributed by atoms with Gasteiger partial charge in [0.15, 0.2) is 0 Å². The number of nitrogens with one attached hydrogen (secondary N) is 1. The number of fused-ring (bicyclic) bond motifs is 1. The van der Waals surface area contributed by atoms with Crippen molar-refractivity contribution in [2.24, 2.45) is 0 Å². The lowest BCUT2D eigenvalue weighted by atomic mass is 9.95. The third kappa shape index (κ3) is 2.36. The van der Waals surface area contributed by atoms with Crippen molar-refractivity contribution in [3.8, 4) is 0 Å². The highest BCUT2D eigenvalue weighted by Gasteiger charge is 2.48. The molecule has 2 aliphatic heterocycles. The highest BCUT2D eigenvalue weighted by Crippen LogP contribution is 2.29. The molecule has 122 valence electrons. The molecule has 1 atom stereocenters. The van der Waals surface area contributed by atoms with E-state index in [9.17, 15) is 9.90 Å². The molecule has 2 N–H and O–H groups in total. The number of carboxylic acids is 1. The van der Waals surface area contributed by atoms with Crippen LogP contribution < -0.4 is 4.90 Å². The Kier molecular flexibility index (Phi) is 3.46. The predicted octanol–water partition coefficient (Wildman–Crippen LogP) is 0.929. The van der Waals surface area contributed by atoms with Crippen LogP contribution in [0.25, 0.3) is 11.0 Å². The van der Waals surface area contributed by atoms with Gasteiger partial charge in [-0.05, 0) is 12.1 Å². The highest BCUT2D eigenvalue weighted by molar-refractivity contribution is 5.79. The summed E-state index contributed by atoms with van der Waals surface area (Å²) in [5.41, 5.74) is 1.13. The van der Waals surface area contributed by atoms with Gasteiger partial charge in [0.05, 0.1) is 17.6 Å². The maximum absolute atomic E-state index is 11.7. The average Bonchev–Trinajstić information content (AvgIpc) is 3.22. The number of aromatic amines is 1. The van der Waals surface area contributed by atoms with E-state index in [0.29, 0.717) is 26.1 Å². The van der Waals surface area contributed by atoms with Crippen LogP contribution in [-0.2, 0) is 9.53 Å². The standard InChI is InChI=1S/C16H20N4O3/c21-14(22)16(5-10-23-11-16)20-8-6-19(7-9-20)15-17-12-3-1-2-4-13(12)18-15/h1-4H,5-11H2,(H,17,18)(H,21,22). The normalized spacial score (nSPS) is 26.0. The smallest absolute Gasteiger partial charge is 0.326 e. The van der Waals surface area contributed by atoms with Crippen LogP contribution in [0.3, 0.4) is 0 Å². The minimum atomic E-state index is -0.847. The van der Waals surface area contributed by atoms with Gasteiger partial charge >= 0.3 is 5.97 Å². The van der Waals surface area contributed by atoms with Gasteiger partial charge in [-0.25, -0.2) is 4.98 Å². The molecule has 0 amide bonds. The van der Waals surface area contributed by atoms with Crippen molar-refractivity contribution < 1.29 is 14.6 Å².